The number of fused-ring (bicyclic) bond motifs is 2. The molecule has 8 rings (SSSR count). The highest BCUT2D eigenvalue weighted by atomic mass is 35.5. The van der Waals surface area contributed by atoms with E-state index in [1.807, 2.05) is 69.7 Å². The molecular formula is C39H45ClN6O4. The summed E-state index contributed by atoms with van der Waals surface area (Å²) >= 11 is 6.69. The second-order valence-corrected chi connectivity index (χ2v) is 16.8. The van der Waals surface area contributed by atoms with Crippen LogP contribution in [-0.2, 0) is 9.47 Å². The number of hydrogen-bond acceptors (Lipinski definition) is 6. The van der Waals surface area contributed by atoms with Crippen LogP contribution >= 0.6 is 11.6 Å². The van der Waals surface area contributed by atoms with Gasteiger partial charge in [0, 0.05) is 17.6 Å². The minimum absolute atomic E-state index is 0.101. The number of H-pyrrole nitrogens is 2. The number of nitrogens with zero attached hydrogens (tertiary/aromatic N) is 4. The van der Waals surface area contributed by atoms with Crippen molar-refractivity contribution in [1.82, 2.24) is 29.7 Å². The lowest BCUT2D eigenvalue weighted by atomic mass is 10.0. The van der Waals surface area contributed by atoms with E-state index in [0.29, 0.717) is 28.7 Å². The molecule has 11 heteroatoms. The van der Waals surface area contributed by atoms with Gasteiger partial charge in [-0.1, -0.05) is 67.1 Å². The molecule has 2 saturated heterocycles. The average Bonchev–Trinajstić information content (AvgIpc) is 3.56. The monoisotopic (exact) mass is 696 g/mol. The number of aromatic amines is 2. The third kappa shape index (κ3) is 6.05. The molecule has 10 nitrogen and oxygen atoms in total. The van der Waals surface area contributed by atoms with Crippen molar-refractivity contribution in [2.45, 2.75) is 103 Å². The van der Waals surface area contributed by atoms with E-state index in [9.17, 15) is 9.59 Å². The largest absolute Gasteiger partial charge is 0.444 e. The van der Waals surface area contributed by atoms with Gasteiger partial charge < -0.3 is 19.4 Å². The third-order valence-corrected chi connectivity index (χ3v) is 10.9. The topological polar surface area (TPSA) is 116 Å². The molecule has 4 aromatic rings. The summed E-state index contributed by atoms with van der Waals surface area (Å²) in [5, 5.41) is 0.387. The summed E-state index contributed by atoms with van der Waals surface area (Å²) in [6.07, 6.45) is 4.07. The number of piperidine rings is 2. The fourth-order valence-electron chi connectivity index (χ4n) is 8.04. The van der Waals surface area contributed by atoms with E-state index in [1.165, 1.54) is 0 Å². The predicted octanol–water partition coefficient (Wildman–Crippen LogP) is 9.17. The number of likely N-dealkylation sites (tertiary alicyclic amines) is 2. The van der Waals surface area contributed by atoms with Crippen molar-refractivity contribution < 1.29 is 19.1 Å². The first-order chi connectivity index (χ1) is 23.6. The Morgan fingerprint density at radius 1 is 0.760 bits per heavy atom. The standard InChI is InChI=1S/C39H45ClN6O4/c1-20-26-18-30(46(32(20)26)37(48)50-39(5,6)7)35-43-31(33(40)44-35)24-14-10-22(11-15-24)21-8-12-23(13-9-21)27-19-41-34(42-27)29-17-25-16-28(25)45(29)36(47)49-38(2,3)4/h8-15,19-20,25-26,28-30,32H,16-18H2,1-7H3,(H,41,42)(H,43,44)/t20?,25?,26-,28+,29-,30-,32+/m0/s1. The Morgan fingerprint density at radius 3 is 1.94 bits per heavy atom. The van der Waals surface area contributed by atoms with Crippen molar-refractivity contribution in [3.05, 3.63) is 71.5 Å². The fourth-order valence-corrected chi connectivity index (χ4v) is 8.29. The smallest absolute Gasteiger partial charge is 0.411 e. The zero-order valence-corrected chi connectivity index (χ0v) is 30.4. The van der Waals surface area contributed by atoms with E-state index in [-0.39, 0.29) is 36.4 Å². The summed E-state index contributed by atoms with van der Waals surface area (Å²) in [6, 6.07) is 16.7. The highest BCUT2D eigenvalue weighted by Gasteiger charge is 2.62. The second-order valence-electron chi connectivity index (χ2n) is 16.5. The Morgan fingerprint density at radius 2 is 1.32 bits per heavy atom. The van der Waals surface area contributed by atoms with Gasteiger partial charge in [-0.2, -0.15) is 0 Å². The van der Waals surface area contributed by atoms with Crippen LogP contribution in [0.5, 0.6) is 0 Å². The Labute approximate surface area is 297 Å². The zero-order chi connectivity index (χ0) is 35.3. The molecule has 4 aliphatic rings. The number of ether oxygens (including phenoxy) is 2. The number of aromatic nitrogens is 4. The molecule has 262 valence electrons. The Balaban J connectivity index is 0.955. The van der Waals surface area contributed by atoms with E-state index in [2.05, 4.69) is 58.3 Å². The first kappa shape index (κ1) is 32.9. The molecule has 2 saturated carbocycles. The second kappa shape index (κ2) is 11.6. The SMILES string of the molecule is CC1[C@@H]2[C@H]1C[C@@H](c1nc(Cl)c(-c3ccc(-c4ccc(-c5cnc([C@@H]6CC7C[C@H]7N6C(=O)OC(C)(C)C)[nH]5)cc4)cc3)[nH]1)N2C(=O)OC(C)(C)C. The lowest BCUT2D eigenvalue weighted by Gasteiger charge is -2.30. The average molecular weight is 697 g/mol. The van der Waals surface area contributed by atoms with Gasteiger partial charge in [0.15, 0.2) is 5.15 Å². The molecule has 2 amide bonds. The molecule has 2 unspecified atom stereocenters. The van der Waals surface area contributed by atoms with Gasteiger partial charge in [0.2, 0.25) is 0 Å². The first-order valence-corrected chi connectivity index (χ1v) is 18.1. The van der Waals surface area contributed by atoms with Gasteiger partial charge in [0.05, 0.1) is 29.7 Å². The van der Waals surface area contributed by atoms with Crippen molar-refractivity contribution in [1.29, 1.82) is 0 Å². The molecule has 2 N–H and O–H groups in total. The Hall–Kier alpha value is -4.31. The Kier molecular flexibility index (Phi) is 7.64. The maximum Gasteiger partial charge on any atom is 0.411 e. The molecule has 7 atom stereocenters. The van der Waals surface area contributed by atoms with E-state index in [0.717, 1.165) is 58.7 Å². The van der Waals surface area contributed by atoms with Crippen LogP contribution in [0.4, 0.5) is 9.59 Å². The van der Waals surface area contributed by atoms with Crippen molar-refractivity contribution in [2.75, 3.05) is 0 Å². The number of nitrogens with one attached hydrogen (secondary N) is 2. The van der Waals surface area contributed by atoms with E-state index < -0.39 is 11.2 Å². The number of benzene rings is 2. The minimum Gasteiger partial charge on any atom is -0.444 e. The number of amides is 2. The van der Waals surface area contributed by atoms with E-state index in [4.69, 9.17) is 26.1 Å². The maximum atomic E-state index is 13.2. The zero-order valence-electron chi connectivity index (χ0n) is 29.7. The van der Waals surface area contributed by atoms with E-state index >= 15 is 0 Å². The maximum absolute atomic E-state index is 13.2. The van der Waals surface area contributed by atoms with Crippen LogP contribution in [0.2, 0.25) is 5.15 Å². The van der Waals surface area contributed by atoms with Crippen molar-refractivity contribution >= 4 is 23.8 Å². The summed E-state index contributed by atoms with van der Waals surface area (Å²) in [4.78, 5) is 46.3. The van der Waals surface area contributed by atoms with Crippen molar-refractivity contribution in [3.8, 4) is 33.6 Å². The van der Waals surface area contributed by atoms with Crippen LogP contribution in [0, 0.1) is 17.8 Å². The van der Waals surface area contributed by atoms with Gasteiger partial charge >= 0.3 is 12.2 Å². The number of carbonyl (C=O) groups is 2. The third-order valence-electron chi connectivity index (χ3n) is 10.6. The fraction of sp³-hybridized carbons (Fsp3) is 0.487. The summed E-state index contributed by atoms with van der Waals surface area (Å²) in [6.45, 7) is 13.6. The lowest BCUT2D eigenvalue weighted by molar-refractivity contribution is 0.0154. The molecule has 2 aromatic carbocycles. The van der Waals surface area contributed by atoms with Gasteiger partial charge in [0.1, 0.15) is 22.9 Å². The summed E-state index contributed by atoms with van der Waals surface area (Å²) in [7, 11) is 0. The molecule has 0 radical (unpaired) electrons. The van der Waals surface area contributed by atoms with Gasteiger partial charge in [-0.25, -0.2) is 19.6 Å². The van der Waals surface area contributed by atoms with E-state index in [1.54, 1.807) is 0 Å². The molecule has 4 heterocycles. The Bertz CT molecular complexity index is 1940. The lowest BCUT2D eigenvalue weighted by Crippen LogP contribution is -2.39. The molecule has 2 aromatic heterocycles. The van der Waals surface area contributed by atoms with Crippen LogP contribution in [0.3, 0.4) is 0 Å². The molecule has 4 fully saturated rings. The minimum atomic E-state index is -0.573. The highest BCUT2D eigenvalue weighted by molar-refractivity contribution is 6.31. The summed E-state index contributed by atoms with van der Waals surface area (Å²) in [5.41, 5.74) is 4.63. The van der Waals surface area contributed by atoms with Crippen LogP contribution in [0.25, 0.3) is 33.6 Å². The van der Waals surface area contributed by atoms with Gasteiger partial charge in [-0.3, -0.25) is 9.80 Å². The molecule has 0 spiro atoms. The number of rotatable bonds is 5. The van der Waals surface area contributed by atoms with Crippen LogP contribution in [-0.4, -0.2) is 65.2 Å². The van der Waals surface area contributed by atoms with Crippen LogP contribution in [0.1, 0.15) is 91.5 Å². The van der Waals surface area contributed by atoms with Crippen molar-refractivity contribution in [2.24, 2.45) is 17.8 Å². The summed E-state index contributed by atoms with van der Waals surface area (Å²) < 4.78 is 11.5. The molecule has 2 aliphatic heterocycles. The quantitative estimate of drug-likeness (QED) is 0.215. The van der Waals surface area contributed by atoms with Gasteiger partial charge in [-0.05, 0) is 95.2 Å². The molecule has 0 bridgehead atoms. The normalized spacial score (nSPS) is 26.8. The number of carbonyl (C=O) groups excluding carboxylic acids is 2. The molecule has 2 aliphatic carbocycles. The number of imidazole rings is 2. The number of halogens is 1. The van der Waals surface area contributed by atoms with Crippen LogP contribution in [0.15, 0.2) is 54.7 Å². The molecule has 50 heavy (non-hydrogen) atoms. The van der Waals surface area contributed by atoms with Crippen molar-refractivity contribution in [3.63, 3.8) is 0 Å². The summed E-state index contributed by atoms with van der Waals surface area (Å²) in [5.74, 6) is 2.93. The van der Waals surface area contributed by atoms with Crippen LogP contribution < -0.4 is 0 Å². The molecular weight excluding hydrogens is 652 g/mol. The predicted molar refractivity (Wildman–Crippen MR) is 191 cm³/mol. The van der Waals surface area contributed by atoms with Gasteiger partial charge in [-0.15, -0.1) is 0 Å². The van der Waals surface area contributed by atoms with Gasteiger partial charge in [0.25, 0.3) is 0 Å². The number of hydrogen-bond donors (Lipinski definition) is 2. The highest BCUT2D eigenvalue weighted by Crippen LogP contribution is 2.58. The first-order valence-electron chi connectivity index (χ1n) is 17.7.